The third kappa shape index (κ3) is 5.41. The minimum Gasteiger partial charge on any atom is -0.382 e. The number of hydrogen-bond acceptors (Lipinski definition) is 4. The zero-order valence-corrected chi connectivity index (χ0v) is 19.9. The van der Waals surface area contributed by atoms with Gasteiger partial charge in [-0.25, -0.2) is 14.4 Å². The Labute approximate surface area is 213 Å². The van der Waals surface area contributed by atoms with E-state index in [0.717, 1.165) is 12.1 Å². The van der Waals surface area contributed by atoms with Crippen molar-refractivity contribution in [2.75, 3.05) is 17.2 Å². The summed E-state index contributed by atoms with van der Waals surface area (Å²) >= 11 is 0. The van der Waals surface area contributed by atoms with Crippen LogP contribution in [-0.2, 0) is 12.4 Å². The van der Waals surface area contributed by atoms with Gasteiger partial charge in [-0.3, -0.25) is 0 Å². The number of halogens is 7. The van der Waals surface area contributed by atoms with Crippen LogP contribution < -0.4 is 10.6 Å². The molecule has 4 nitrogen and oxygen atoms in total. The van der Waals surface area contributed by atoms with E-state index in [9.17, 15) is 30.7 Å². The van der Waals surface area contributed by atoms with Crippen LogP contribution in [-0.4, -0.2) is 16.5 Å². The van der Waals surface area contributed by atoms with Crippen LogP contribution in [0.15, 0.2) is 67.2 Å². The molecule has 38 heavy (non-hydrogen) atoms. The first-order valence-corrected chi connectivity index (χ1v) is 11.4. The maximum absolute atomic E-state index is 15.0. The van der Waals surface area contributed by atoms with E-state index < -0.39 is 35.0 Å². The van der Waals surface area contributed by atoms with E-state index in [-0.39, 0.29) is 35.0 Å². The summed E-state index contributed by atoms with van der Waals surface area (Å²) in [5, 5.41) is 5.95. The minimum atomic E-state index is -4.91. The first-order chi connectivity index (χ1) is 17.9. The second-order valence-corrected chi connectivity index (χ2v) is 8.33. The molecular weight excluding hydrogens is 513 g/mol. The fourth-order valence-electron chi connectivity index (χ4n) is 3.90. The molecule has 1 aromatic heterocycles. The molecule has 0 amide bonds. The molecule has 0 aliphatic carbocycles. The molecule has 0 fully saturated rings. The molecule has 0 atom stereocenters. The van der Waals surface area contributed by atoms with Crippen molar-refractivity contribution in [2.45, 2.75) is 25.7 Å². The summed E-state index contributed by atoms with van der Waals surface area (Å²) in [7, 11) is 0. The largest absolute Gasteiger partial charge is 0.419 e. The van der Waals surface area contributed by atoms with Gasteiger partial charge in [-0.1, -0.05) is 49.9 Å². The van der Waals surface area contributed by atoms with E-state index in [4.69, 9.17) is 0 Å². The van der Waals surface area contributed by atoms with Gasteiger partial charge in [-0.05, 0) is 30.7 Å². The van der Waals surface area contributed by atoms with Gasteiger partial charge < -0.3 is 10.6 Å². The van der Waals surface area contributed by atoms with Crippen molar-refractivity contribution in [1.29, 1.82) is 0 Å². The molecule has 4 rings (SSSR count). The minimum absolute atomic E-state index is 0.00360. The van der Waals surface area contributed by atoms with E-state index in [2.05, 4.69) is 27.2 Å². The summed E-state index contributed by atoms with van der Waals surface area (Å²) in [5.74, 6) is -1.66. The quantitative estimate of drug-likeness (QED) is 0.234. The second-order valence-electron chi connectivity index (χ2n) is 8.33. The van der Waals surface area contributed by atoms with Gasteiger partial charge in [0.2, 0.25) is 0 Å². The Morgan fingerprint density at radius 3 is 2.18 bits per heavy atom. The number of fused-ring (bicyclic) bond motifs is 1. The number of para-hydroxylation sites is 1. The van der Waals surface area contributed by atoms with Crippen LogP contribution in [0.4, 0.5) is 42.2 Å². The van der Waals surface area contributed by atoms with Gasteiger partial charge in [0.15, 0.2) is 11.6 Å². The van der Waals surface area contributed by atoms with Crippen LogP contribution in [0.3, 0.4) is 0 Å². The Kier molecular flexibility index (Phi) is 7.30. The highest BCUT2D eigenvalue weighted by molar-refractivity contribution is 5.95. The zero-order chi connectivity index (χ0) is 27.7. The number of benzene rings is 3. The van der Waals surface area contributed by atoms with Crippen molar-refractivity contribution in [1.82, 2.24) is 9.97 Å². The molecule has 0 unspecified atom stereocenters. The molecule has 11 heteroatoms. The lowest BCUT2D eigenvalue weighted by atomic mass is 10.0. The smallest absolute Gasteiger partial charge is 0.382 e. The van der Waals surface area contributed by atoms with E-state index in [1.165, 1.54) is 18.2 Å². The van der Waals surface area contributed by atoms with Gasteiger partial charge in [-0.15, -0.1) is 0 Å². The highest BCUT2D eigenvalue weighted by atomic mass is 19.4. The summed E-state index contributed by atoms with van der Waals surface area (Å²) in [6, 6.07) is 13.0. The Morgan fingerprint density at radius 2 is 1.50 bits per heavy atom. The van der Waals surface area contributed by atoms with Crippen molar-refractivity contribution in [3.63, 3.8) is 0 Å². The molecule has 198 valence electrons. The molecular formula is C27H21F7N4. The van der Waals surface area contributed by atoms with Gasteiger partial charge in [0, 0.05) is 28.8 Å². The number of rotatable bonds is 7. The molecule has 4 aromatic rings. The van der Waals surface area contributed by atoms with Crippen molar-refractivity contribution in [3.8, 4) is 11.4 Å². The lowest BCUT2D eigenvalue weighted by molar-refractivity contribution is -0.140. The number of nitrogens with one attached hydrogen (secondary N) is 2. The Hall–Kier alpha value is -4.15. The number of nitrogens with zero attached hydrogens (tertiary/aromatic N) is 2. The van der Waals surface area contributed by atoms with Gasteiger partial charge in [0.1, 0.15) is 5.82 Å². The summed E-state index contributed by atoms with van der Waals surface area (Å²) in [4.78, 5) is 8.60. The fraction of sp³-hybridized carbons (Fsp3) is 0.185. The average molecular weight is 534 g/mol. The highest BCUT2D eigenvalue weighted by Gasteiger charge is 2.36. The highest BCUT2D eigenvalue weighted by Crippen LogP contribution is 2.39. The Balaban J connectivity index is 1.83. The van der Waals surface area contributed by atoms with E-state index in [1.54, 1.807) is 31.2 Å². The Morgan fingerprint density at radius 1 is 0.842 bits per heavy atom. The van der Waals surface area contributed by atoms with Gasteiger partial charge in [-0.2, -0.15) is 26.3 Å². The van der Waals surface area contributed by atoms with Crippen LogP contribution in [0.2, 0.25) is 0 Å². The van der Waals surface area contributed by atoms with Gasteiger partial charge in [0.25, 0.3) is 0 Å². The fourth-order valence-corrected chi connectivity index (χ4v) is 3.90. The van der Waals surface area contributed by atoms with E-state index in [1.807, 2.05) is 0 Å². The first kappa shape index (κ1) is 26.9. The summed E-state index contributed by atoms with van der Waals surface area (Å²) < 4.78 is 96.0. The van der Waals surface area contributed by atoms with Crippen molar-refractivity contribution < 1.29 is 30.7 Å². The van der Waals surface area contributed by atoms with Crippen molar-refractivity contribution >= 4 is 28.1 Å². The summed E-state index contributed by atoms with van der Waals surface area (Å²) in [5.41, 5.74) is -2.74. The maximum atomic E-state index is 15.0. The van der Waals surface area contributed by atoms with Gasteiger partial charge >= 0.3 is 12.4 Å². The molecule has 0 bridgehead atoms. The Bertz CT molecular complexity index is 1490. The SMILES string of the molecule is C=C(Nc1nc(-c2ccccc2C(F)(F)F)nc2ccccc12)c1ccc(C(F)(F)F)c(F)c1NCCC. The molecule has 3 aromatic carbocycles. The first-order valence-electron chi connectivity index (χ1n) is 11.4. The second kappa shape index (κ2) is 10.3. The van der Waals surface area contributed by atoms with Crippen LogP contribution in [0.5, 0.6) is 0 Å². The third-order valence-electron chi connectivity index (χ3n) is 5.67. The summed E-state index contributed by atoms with van der Waals surface area (Å²) in [6.07, 6.45) is -9.07. The topological polar surface area (TPSA) is 49.8 Å². The van der Waals surface area contributed by atoms with E-state index >= 15 is 0 Å². The van der Waals surface area contributed by atoms with Crippen LogP contribution >= 0.6 is 0 Å². The monoisotopic (exact) mass is 534 g/mol. The molecule has 0 radical (unpaired) electrons. The van der Waals surface area contributed by atoms with E-state index in [0.29, 0.717) is 23.4 Å². The predicted molar refractivity (Wildman–Crippen MR) is 133 cm³/mol. The third-order valence-corrected chi connectivity index (χ3v) is 5.67. The molecule has 0 saturated heterocycles. The standard InChI is InChI=1S/C27H21F7N4/c1-3-14-35-23-16(12-13-20(22(23)28)27(32,33)34)15(2)36-25-18-9-5-7-11-21(18)37-24(38-25)17-8-4-6-10-19(17)26(29,30)31/h4-13,35H,2-3,14H2,1H3,(H,36,37,38). The predicted octanol–water partition coefficient (Wildman–Crippen LogP) is 8.38. The van der Waals surface area contributed by atoms with Crippen LogP contribution in [0.25, 0.3) is 28.0 Å². The molecule has 2 N–H and O–H groups in total. The van der Waals surface area contributed by atoms with Crippen molar-refractivity contribution in [2.24, 2.45) is 0 Å². The zero-order valence-electron chi connectivity index (χ0n) is 19.9. The van der Waals surface area contributed by atoms with Crippen LogP contribution in [0.1, 0.15) is 30.0 Å². The normalized spacial score (nSPS) is 12.0. The average Bonchev–Trinajstić information content (AvgIpc) is 2.86. The number of alkyl halides is 6. The molecule has 0 aliphatic rings. The molecule has 1 heterocycles. The molecule has 0 spiro atoms. The maximum Gasteiger partial charge on any atom is 0.419 e. The molecule has 0 saturated carbocycles. The van der Waals surface area contributed by atoms with Gasteiger partial charge in [0.05, 0.1) is 22.3 Å². The number of aromatic nitrogens is 2. The number of hydrogen-bond donors (Lipinski definition) is 2. The lowest BCUT2D eigenvalue weighted by Gasteiger charge is -2.19. The van der Waals surface area contributed by atoms with Crippen molar-refractivity contribution in [3.05, 3.63) is 89.8 Å². The van der Waals surface area contributed by atoms with Crippen LogP contribution in [0, 0.1) is 5.82 Å². The number of anilines is 2. The summed E-state index contributed by atoms with van der Waals surface area (Å²) in [6.45, 7) is 5.80. The molecule has 0 aliphatic heterocycles. The lowest BCUT2D eigenvalue weighted by Crippen LogP contribution is -2.14.